The third-order valence-electron chi connectivity index (χ3n) is 3.77. The molecule has 3 aromatic rings. The topological polar surface area (TPSA) is 85.5 Å². The van der Waals surface area contributed by atoms with Crippen molar-refractivity contribution >= 4 is 21.2 Å². The van der Waals surface area contributed by atoms with Gasteiger partial charge in [-0.25, -0.2) is 17.5 Å². The van der Waals surface area contributed by atoms with Crippen LogP contribution in [0.5, 0.6) is 0 Å². The highest BCUT2D eigenvalue weighted by Crippen LogP contribution is 2.19. The van der Waals surface area contributed by atoms with E-state index in [2.05, 4.69) is 9.82 Å². The zero-order valence-corrected chi connectivity index (χ0v) is 14.5. The van der Waals surface area contributed by atoms with Crippen molar-refractivity contribution in [3.05, 3.63) is 58.5 Å². The summed E-state index contributed by atoms with van der Waals surface area (Å²) in [7, 11) is -3.97. The van der Waals surface area contributed by atoms with Gasteiger partial charge >= 0.3 is 0 Å². The molecule has 7 nitrogen and oxygen atoms in total. The van der Waals surface area contributed by atoms with Crippen molar-refractivity contribution in [3.63, 3.8) is 0 Å². The lowest BCUT2D eigenvalue weighted by Gasteiger charge is -2.07. The summed E-state index contributed by atoms with van der Waals surface area (Å²) in [5.41, 5.74) is -0.0321. The molecule has 3 rings (SSSR count). The zero-order chi connectivity index (χ0) is 18.2. The van der Waals surface area contributed by atoms with E-state index in [1.54, 1.807) is 6.92 Å². The van der Waals surface area contributed by atoms with Crippen LogP contribution >= 0.6 is 0 Å². The molecule has 1 N–H and O–H groups in total. The van der Waals surface area contributed by atoms with Crippen LogP contribution in [-0.2, 0) is 23.0 Å². The van der Waals surface area contributed by atoms with E-state index in [1.807, 2.05) is 6.92 Å². The van der Waals surface area contributed by atoms with Crippen LogP contribution < -0.4 is 10.3 Å². The molecular weight excluding hydrogens is 347 g/mol. The van der Waals surface area contributed by atoms with Gasteiger partial charge in [0, 0.05) is 19.2 Å². The average Bonchev–Trinajstić information content (AvgIpc) is 3.02. The highest BCUT2D eigenvalue weighted by molar-refractivity contribution is 7.92. The average molecular weight is 364 g/mol. The number of sulfonamides is 1. The van der Waals surface area contributed by atoms with Gasteiger partial charge in [-0.15, -0.1) is 0 Å². The maximum atomic E-state index is 13.3. The minimum Gasteiger partial charge on any atom is -0.297 e. The molecule has 0 aliphatic carbocycles. The van der Waals surface area contributed by atoms with Crippen LogP contribution in [0, 0.1) is 5.82 Å². The maximum Gasteiger partial charge on any atom is 0.291 e. The summed E-state index contributed by atoms with van der Waals surface area (Å²) in [5.74, 6) is 0.0224. The van der Waals surface area contributed by atoms with Crippen molar-refractivity contribution < 1.29 is 12.8 Å². The molecule has 0 aliphatic rings. The number of rotatable bonds is 5. The molecule has 0 amide bonds. The van der Waals surface area contributed by atoms with Gasteiger partial charge in [0.25, 0.3) is 15.6 Å². The molecule has 2 aromatic heterocycles. The Kier molecular flexibility index (Phi) is 4.34. The van der Waals surface area contributed by atoms with Crippen molar-refractivity contribution in [2.75, 3.05) is 4.72 Å². The lowest BCUT2D eigenvalue weighted by molar-refractivity contribution is 0.583. The lowest BCUT2D eigenvalue weighted by Crippen LogP contribution is -2.26. The van der Waals surface area contributed by atoms with E-state index >= 15 is 0 Å². The van der Waals surface area contributed by atoms with Crippen molar-refractivity contribution in [1.29, 1.82) is 0 Å². The van der Waals surface area contributed by atoms with Gasteiger partial charge in [0.2, 0.25) is 0 Å². The first-order valence-electron chi connectivity index (χ1n) is 7.76. The number of hydrogen-bond donors (Lipinski definition) is 1. The normalized spacial score (nSPS) is 11.8. The summed E-state index contributed by atoms with van der Waals surface area (Å²) in [6, 6.07) is 6.45. The number of aryl methyl sites for hydroxylation is 2. The first kappa shape index (κ1) is 17.2. The third kappa shape index (κ3) is 3.14. The molecule has 0 saturated heterocycles. The highest BCUT2D eigenvalue weighted by Gasteiger charge is 2.20. The number of anilines is 1. The Balaban J connectivity index is 2.12. The SMILES string of the molecule is CCc1nn(CC)c(=O)c2cc(S(=O)(=O)Nc3cccc(F)c3)cn12. The largest absolute Gasteiger partial charge is 0.297 e. The molecule has 0 saturated carbocycles. The number of fused-ring (bicyclic) bond motifs is 1. The van der Waals surface area contributed by atoms with E-state index in [4.69, 9.17) is 0 Å². The minimum atomic E-state index is -3.97. The van der Waals surface area contributed by atoms with E-state index in [0.29, 0.717) is 18.8 Å². The van der Waals surface area contributed by atoms with Crippen molar-refractivity contribution in [2.45, 2.75) is 31.7 Å². The Bertz CT molecular complexity index is 1100. The monoisotopic (exact) mass is 364 g/mol. The summed E-state index contributed by atoms with van der Waals surface area (Å²) < 4.78 is 43.5. The second-order valence-corrected chi connectivity index (χ2v) is 7.12. The van der Waals surface area contributed by atoms with Gasteiger partial charge in [-0.3, -0.25) is 13.9 Å². The van der Waals surface area contributed by atoms with Crippen LogP contribution in [-0.4, -0.2) is 22.6 Å². The van der Waals surface area contributed by atoms with E-state index in [0.717, 1.165) is 6.07 Å². The first-order valence-corrected chi connectivity index (χ1v) is 9.24. The fourth-order valence-electron chi connectivity index (χ4n) is 2.55. The van der Waals surface area contributed by atoms with E-state index in [9.17, 15) is 17.6 Å². The standard InChI is InChI=1S/C16H17FN4O3S/c1-3-15-18-21(4-2)16(22)14-9-13(10-20(14)15)25(23,24)19-12-7-5-6-11(17)8-12/h5-10,19H,3-4H2,1-2H3. The van der Waals surface area contributed by atoms with Crippen LogP contribution in [0.2, 0.25) is 0 Å². The molecular formula is C16H17FN4O3S. The molecule has 2 heterocycles. The van der Waals surface area contributed by atoms with Crippen LogP contribution in [0.3, 0.4) is 0 Å². The summed E-state index contributed by atoms with van der Waals surface area (Å²) in [4.78, 5) is 12.3. The van der Waals surface area contributed by atoms with Gasteiger partial charge in [-0.2, -0.15) is 5.10 Å². The minimum absolute atomic E-state index is 0.0841. The molecule has 0 radical (unpaired) electrons. The number of nitrogens with one attached hydrogen (secondary N) is 1. The van der Waals surface area contributed by atoms with E-state index in [1.165, 1.54) is 39.5 Å². The van der Waals surface area contributed by atoms with Gasteiger partial charge in [0.15, 0.2) is 0 Å². The fraction of sp³-hybridized carbons (Fsp3) is 0.250. The lowest BCUT2D eigenvalue weighted by atomic mass is 10.3. The Labute approximate surface area is 143 Å². The van der Waals surface area contributed by atoms with Gasteiger partial charge < -0.3 is 0 Å². The third-order valence-corrected chi connectivity index (χ3v) is 5.11. The number of halogens is 1. The second kappa shape index (κ2) is 6.32. The van der Waals surface area contributed by atoms with Gasteiger partial charge in [-0.1, -0.05) is 13.0 Å². The fourth-order valence-corrected chi connectivity index (χ4v) is 3.62. The molecule has 0 fully saturated rings. The Hall–Kier alpha value is -2.68. The first-order chi connectivity index (χ1) is 11.9. The van der Waals surface area contributed by atoms with Gasteiger partial charge in [0.05, 0.1) is 5.69 Å². The summed E-state index contributed by atoms with van der Waals surface area (Å²) in [6.07, 6.45) is 1.88. The molecule has 0 unspecified atom stereocenters. The van der Waals surface area contributed by atoms with Crippen LogP contribution in [0.25, 0.3) is 5.52 Å². The van der Waals surface area contributed by atoms with Crippen LogP contribution in [0.1, 0.15) is 19.7 Å². The highest BCUT2D eigenvalue weighted by atomic mass is 32.2. The van der Waals surface area contributed by atoms with Gasteiger partial charge in [0.1, 0.15) is 22.1 Å². The van der Waals surface area contributed by atoms with E-state index < -0.39 is 15.8 Å². The zero-order valence-electron chi connectivity index (χ0n) is 13.7. The molecule has 9 heteroatoms. The Morgan fingerprint density at radius 1 is 1.24 bits per heavy atom. The number of nitrogens with zero attached hydrogens (tertiary/aromatic N) is 3. The van der Waals surface area contributed by atoms with Crippen molar-refractivity contribution in [1.82, 2.24) is 14.2 Å². The molecule has 132 valence electrons. The number of aromatic nitrogens is 3. The predicted molar refractivity (Wildman–Crippen MR) is 91.7 cm³/mol. The van der Waals surface area contributed by atoms with Crippen LogP contribution in [0.4, 0.5) is 10.1 Å². The van der Waals surface area contributed by atoms with Crippen molar-refractivity contribution in [3.8, 4) is 0 Å². The number of benzene rings is 1. The summed E-state index contributed by atoms with van der Waals surface area (Å²) in [5, 5.41) is 4.23. The smallest absolute Gasteiger partial charge is 0.291 e. The molecule has 0 aliphatic heterocycles. The Morgan fingerprint density at radius 2 is 2.00 bits per heavy atom. The molecule has 0 atom stereocenters. The predicted octanol–water partition coefficient (Wildman–Crippen LogP) is 2.02. The molecule has 1 aromatic carbocycles. The number of hydrogen-bond acceptors (Lipinski definition) is 4. The van der Waals surface area contributed by atoms with E-state index in [-0.39, 0.29) is 21.7 Å². The summed E-state index contributed by atoms with van der Waals surface area (Å²) in [6.45, 7) is 4.04. The Morgan fingerprint density at radius 3 is 2.64 bits per heavy atom. The molecule has 25 heavy (non-hydrogen) atoms. The second-order valence-electron chi connectivity index (χ2n) is 5.44. The quantitative estimate of drug-likeness (QED) is 0.750. The molecule has 0 bridgehead atoms. The summed E-state index contributed by atoms with van der Waals surface area (Å²) >= 11 is 0. The van der Waals surface area contributed by atoms with Crippen molar-refractivity contribution in [2.24, 2.45) is 0 Å². The van der Waals surface area contributed by atoms with Crippen LogP contribution in [0.15, 0.2) is 46.2 Å². The van der Waals surface area contributed by atoms with Gasteiger partial charge in [-0.05, 0) is 31.2 Å². The maximum absolute atomic E-state index is 13.3. The molecule has 0 spiro atoms.